The van der Waals surface area contributed by atoms with E-state index < -0.39 is 0 Å². The predicted molar refractivity (Wildman–Crippen MR) is 97.6 cm³/mol. The molecule has 0 saturated carbocycles. The van der Waals surface area contributed by atoms with Crippen LogP contribution in [0.3, 0.4) is 0 Å². The lowest BCUT2D eigenvalue weighted by Crippen LogP contribution is -1.96. The number of aromatic nitrogens is 4. The molecule has 0 saturated heterocycles. The molecular weight excluding hydrogens is 342 g/mol. The molecule has 0 aliphatic rings. The summed E-state index contributed by atoms with van der Waals surface area (Å²) in [4.78, 5) is 14.1. The molecular formula is C17H14ClN5S. The van der Waals surface area contributed by atoms with Crippen molar-refractivity contribution in [1.29, 1.82) is 0 Å². The number of halogens is 1. The molecule has 0 atom stereocenters. The normalized spacial score (nSPS) is 11.1. The smallest absolute Gasteiger partial charge is 0.234 e. The Morgan fingerprint density at radius 2 is 2.00 bits per heavy atom. The van der Waals surface area contributed by atoms with Gasteiger partial charge in [-0.15, -0.1) is 11.3 Å². The lowest BCUT2D eigenvalue weighted by molar-refractivity contribution is 1.07. The van der Waals surface area contributed by atoms with Crippen molar-refractivity contribution < 1.29 is 0 Å². The molecule has 0 radical (unpaired) electrons. The summed E-state index contributed by atoms with van der Waals surface area (Å²) >= 11 is 7.32. The minimum Gasteiger partial charge on any atom is -0.380 e. The Morgan fingerprint density at radius 3 is 2.75 bits per heavy atom. The second-order valence-corrected chi connectivity index (χ2v) is 7.11. The first-order valence-electron chi connectivity index (χ1n) is 7.44. The first-order chi connectivity index (χ1) is 11.7. The largest absolute Gasteiger partial charge is 0.380 e. The van der Waals surface area contributed by atoms with Gasteiger partial charge in [-0.25, -0.2) is 15.0 Å². The zero-order valence-corrected chi connectivity index (χ0v) is 14.5. The maximum Gasteiger partial charge on any atom is 0.234 e. The molecule has 0 bridgehead atoms. The fourth-order valence-corrected chi connectivity index (χ4v) is 3.33. The number of thiazole rings is 1. The van der Waals surface area contributed by atoms with E-state index in [1.807, 2.05) is 41.9 Å². The van der Waals surface area contributed by atoms with Crippen LogP contribution in [0.5, 0.6) is 0 Å². The Kier molecular flexibility index (Phi) is 3.92. The van der Waals surface area contributed by atoms with Crippen LogP contribution in [0.15, 0.2) is 48.9 Å². The molecule has 0 aliphatic heterocycles. The van der Waals surface area contributed by atoms with Gasteiger partial charge in [0.05, 0.1) is 12.2 Å². The van der Waals surface area contributed by atoms with Crippen molar-refractivity contribution in [3.8, 4) is 11.3 Å². The third-order valence-electron chi connectivity index (χ3n) is 3.64. The van der Waals surface area contributed by atoms with E-state index in [1.165, 1.54) is 11.3 Å². The van der Waals surface area contributed by atoms with E-state index in [9.17, 15) is 0 Å². The molecule has 120 valence electrons. The summed E-state index contributed by atoms with van der Waals surface area (Å²) in [7, 11) is 0. The number of imidazole rings is 1. The molecule has 4 aromatic rings. The van der Waals surface area contributed by atoms with Crippen LogP contribution in [-0.4, -0.2) is 19.4 Å². The number of rotatable bonds is 4. The third kappa shape index (κ3) is 3.11. The standard InChI is InChI=1S/C17H14ClN5S/c1-11-6-7-23-10-15(22-17(23)21-11)12-2-4-13(5-3-12)19-8-14-9-20-16(18)24-14/h2-7,9-10,19H,8H2,1H3. The van der Waals surface area contributed by atoms with Crippen molar-refractivity contribution >= 4 is 34.4 Å². The maximum atomic E-state index is 5.84. The van der Waals surface area contributed by atoms with E-state index in [-0.39, 0.29) is 0 Å². The van der Waals surface area contributed by atoms with Gasteiger partial charge < -0.3 is 5.32 Å². The Balaban J connectivity index is 1.51. The summed E-state index contributed by atoms with van der Waals surface area (Å²) in [5, 5.41) is 3.36. The molecule has 1 aromatic carbocycles. The number of nitrogens with one attached hydrogen (secondary N) is 1. The summed E-state index contributed by atoms with van der Waals surface area (Å²) < 4.78 is 2.50. The minimum atomic E-state index is 0.567. The fraction of sp³-hybridized carbons (Fsp3) is 0.118. The minimum absolute atomic E-state index is 0.567. The monoisotopic (exact) mass is 355 g/mol. The number of hydrogen-bond acceptors (Lipinski definition) is 5. The highest BCUT2D eigenvalue weighted by atomic mass is 35.5. The summed E-state index contributed by atoms with van der Waals surface area (Å²) in [6.45, 7) is 2.67. The average molecular weight is 356 g/mol. The summed E-state index contributed by atoms with van der Waals surface area (Å²) in [5.74, 6) is 0.717. The zero-order chi connectivity index (χ0) is 16.5. The van der Waals surface area contributed by atoms with Crippen LogP contribution < -0.4 is 5.32 Å². The average Bonchev–Trinajstić information content (AvgIpc) is 3.19. The van der Waals surface area contributed by atoms with Crippen molar-refractivity contribution in [1.82, 2.24) is 19.4 Å². The highest BCUT2D eigenvalue weighted by Crippen LogP contribution is 2.22. The number of fused-ring (bicyclic) bond motifs is 1. The van der Waals surface area contributed by atoms with E-state index in [2.05, 4.69) is 32.4 Å². The lowest BCUT2D eigenvalue weighted by Gasteiger charge is -2.05. The van der Waals surface area contributed by atoms with Crippen LogP contribution >= 0.6 is 22.9 Å². The Bertz CT molecular complexity index is 990. The van der Waals surface area contributed by atoms with Gasteiger partial charge in [0.25, 0.3) is 0 Å². The van der Waals surface area contributed by atoms with E-state index >= 15 is 0 Å². The molecule has 5 nitrogen and oxygen atoms in total. The quantitative estimate of drug-likeness (QED) is 0.588. The maximum absolute atomic E-state index is 5.84. The number of aryl methyl sites for hydroxylation is 1. The van der Waals surface area contributed by atoms with Crippen LogP contribution in [0.25, 0.3) is 17.0 Å². The molecule has 0 aliphatic carbocycles. The van der Waals surface area contributed by atoms with Gasteiger partial charge >= 0.3 is 0 Å². The van der Waals surface area contributed by atoms with Gasteiger partial charge in [0.1, 0.15) is 0 Å². The van der Waals surface area contributed by atoms with Crippen LogP contribution in [-0.2, 0) is 6.54 Å². The summed E-state index contributed by atoms with van der Waals surface area (Å²) in [6.07, 6.45) is 5.76. The van der Waals surface area contributed by atoms with Crippen molar-refractivity contribution in [2.24, 2.45) is 0 Å². The van der Waals surface area contributed by atoms with Gasteiger partial charge in [-0.3, -0.25) is 4.40 Å². The molecule has 1 N–H and O–H groups in total. The van der Waals surface area contributed by atoms with E-state index in [0.29, 0.717) is 16.8 Å². The van der Waals surface area contributed by atoms with Gasteiger partial charge in [-0.1, -0.05) is 23.7 Å². The van der Waals surface area contributed by atoms with Crippen molar-refractivity contribution in [3.63, 3.8) is 0 Å². The summed E-state index contributed by atoms with van der Waals surface area (Å²) in [6, 6.07) is 10.2. The number of anilines is 1. The molecule has 0 fully saturated rings. The highest BCUT2D eigenvalue weighted by Gasteiger charge is 2.06. The van der Waals surface area contributed by atoms with Gasteiger partial charge in [-0.2, -0.15) is 0 Å². The molecule has 0 amide bonds. The van der Waals surface area contributed by atoms with Crippen LogP contribution in [0.4, 0.5) is 5.69 Å². The second kappa shape index (κ2) is 6.22. The van der Waals surface area contributed by atoms with Crippen LogP contribution in [0, 0.1) is 6.92 Å². The van der Waals surface area contributed by atoms with E-state index in [1.54, 1.807) is 6.20 Å². The van der Waals surface area contributed by atoms with Gasteiger partial charge in [0.2, 0.25) is 5.78 Å². The number of nitrogens with zero attached hydrogens (tertiary/aromatic N) is 4. The number of benzene rings is 1. The van der Waals surface area contributed by atoms with E-state index in [4.69, 9.17) is 11.6 Å². The van der Waals surface area contributed by atoms with Crippen molar-refractivity contribution in [2.45, 2.75) is 13.5 Å². The molecule has 0 spiro atoms. The third-order valence-corrected chi connectivity index (χ3v) is 4.75. The molecule has 24 heavy (non-hydrogen) atoms. The second-order valence-electron chi connectivity index (χ2n) is 5.41. The summed E-state index contributed by atoms with van der Waals surface area (Å²) in [5.41, 5.74) is 3.97. The Morgan fingerprint density at radius 1 is 1.17 bits per heavy atom. The molecule has 3 aromatic heterocycles. The van der Waals surface area contributed by atoms with Gasteiger partial charge in [0.15, 0.2) is 4.47 Å². The molecule has 4 rings (SSSR count). The molecule has 0 unspecified atom stereocenters. The predicted octanol–water partition coefficient (Wildman–Crippen LogP) is 4.43. The Hall–Kier alpha value is -2.44. The Labute approximate surface area is 148 Å². The first-order valence-corrected chi connectivity index (χ1v) is 8.64. The topological polar surface area (TPSA) is 55.1 Å². The van der Waals surface area contributed by atoms with Gasteiger partial charge in [-0.05, 0) is 25.1 Å². The SMILES string of the molecule is Cc1ccn2cc(-c3ccc(NCc4cnc(Cl)s4)cc3)nc2n1. The zero-order valence-electron chi connectivity index (χ0n) is 12.9. The van der Waals surface area contributed by atoms with Crippen LogP contribution in [0.2, 0.25) is 4.47 Å². The van der Waals surface area contributed by atoms with Crippen molar-refractivity contribution in [2.75, 3.05) is 5.32 Å². The fourth-order valence-electron chi connectivity index (χ4n) is 2.41. The highest BCUT2D eigenvalue weighted by molar-refractivity contribution is 7.15. The molecule has 7 heteroatoms. The number of hydrogen-bond donors (Lipinski definition) is 1. The van der Waals surface area contributed by atoms with Crippen LogP contribution in [0.1, 0.15) is 10.6 Å². The van der Waals surface area contributed by atoms with E-state index in [0.717, 1.165) is 27.5 Å². The molecule has 3 heterocycles. The van der Waals surface area contributed by atoms with Gasteiger partial charge in [0, 0.05) is 40.4 Å². The van der Waals surface area contributed by atoms with Crippen molar-refractivity contribution in [3.05, 3.63) is 64.0 Å². The first kappa shape index (κ1) is 15.1. The lowest BCUT2D eigenvalue weighted by atomic mass is 10.1.